The molecule has 2 N–H and O–H groups in total. The number of amides is 1. The number of aliphatic hydroxyl groups excluding tert-OH is 1. The van der Waals surface area contributed by atoms with E-state index in [1.165, 1.54) is 4.90 Å². The first-order valence-corrected chi connectivity index (χ1v) is 11.3. The summed E-state index contributed by atoms with van der Waals surface area (Å²) in [7, 11) is 1.94. The van der Waals surface area contributed by atoms with Crippen molar-refractivity contribution in [3.63, 3.8) is 0 Å². The van der Waals surface area contributed by atoms with Crippen LogP contribution in [0.25, 0.3) is 16.8 Å². The van der Waals surface area contributed by atoms with Gasteiger partial charge in [0.25, 0.3) is 5.78 Å². The maximum atomic E-state index is 13.4. The van der Waals surface area contributed by atoms with Crippen LogP contribution in [0.5, 0.6) is 5.75 Å². The number of aromatic amines is 1. The molecule has 2 aliphatic heterocycles. The predicted molar refractivity (Wildman–Crippen MR) is 133 cm³/mol. The fraction of sp³-hybridized carbons (Fsp3) is 0.148. The number of likely N-dealkylation sites (N-methyl/N-ethyl adjacent to an activating group) is 1. The Balaban J connectivity index is 1.54. The number of rotatable bonds is 3. The van der Waals surface area contributed by atoms with E-state index < -0.39 is 17.7 Å². The molecule has 0 spiro atoms. The van der Waals surface area contributed by atoms with Crippen molar-refractivity contribution in [2.75, 3.05) is 30.0 Å². The molecule has 0 radical (unpaired) electrons. The minimum atomic E-state index is -0.846. The van der Waals surface area contributed by atoms with Crippen LogP contribution in [0.4, 0.5) is 11.6 Å². The quantitative estimate of drug-likeness (QED) is 0.269. The highest BCUT2D eigenvalue weighted by atomic mass is 16.5. The Bertz CT molecular complexity index is 1480. The Morgan fingerprint density at radius 1 is 1.06 bits per heavy atom. The summed E-state index contributed by atoms with van der Waals surface area (Å²) in [6.07, 6.45) is 0. The van der Waals surface area contributed by atoms with Crippen LogP contribution >= 0.6 is 0 Å². The number of imidazole rings is 1. The molecule has 0 bridgehead atoms. The topological polar surface area (TPSA) is 98.8 Å². The number of aromatic nitrogens is 2. The molecule has 1 atom stereocenters. The number of hydrogen-bond donors (Lipinski definition) is 2. The number of ether oxygens (including phenoxy) is 1. The van der Waals surface area contributed by atoms with Crippen LogP contribution in [0, 0.1) is 0 Å². The molecule has 0 aliphatic carbocycles. The van der Waals surface area contributed by atoms with Crippen molar-refractivity contribution in [2.45, 2.75) is 6.04 Å². The number of benzene rings is 3. The Hall–Kier alpha value is -4.59. The van der Waals surface area contributed by atoms with Gasteiger partial charge in [-0.1, -0.05) is 42.5 Å². The second-order valence-corrected chi connectivity index (χ2v) is 8.61. The first-order valence-electron chi connectivity index (χ1n) is 11.3. The van der Waals surface area contributed by atoms with Gasteiger partial charge in [0.2, 0.25) is 5.95 Å². The minimum Gasteiger partial charge on any atom is -0.507 e. The average Bonchev–Trinajstić information content (AvgIpc) is 3.42. The highest BCUT2D eigenvalue weighted by Crippen LogP contribution is 2.42. The van der Waals surface area contributed by atoms with E-state index in [0.717, 1.165) is 11.2 Å². The average molecular weight is 466 g/mol. The minimum absolute atomic E-state index is 0.0148. The standard InChI is InChI=1S/C27H22N4O4/c1-30-13-14-35-21-12-11-17(15-20(21)30)24(32)22-23(16-7-3-2-4-8-16)31(26(34)25(22)33)27-28-18-9-5-6-10-19(18)29-27/h2-12,15,23,32H,13-14H2,1H3,(H,28,29)/b24-22+. The largest absolute Gasteiger partial charge is 0.507 e. The molecule has 8 heteroatoms. The third kappa shape index (κ3) is 3.33. The highest BCUT2D eigenvalue weighted by Gasteiger charge is 2.48. The lowest BCUT2D eigenvalue weighted by Crippen LogP contribution is -2.30. The monoisotopic (exact) mass is 466 g/mol. The normalized spacial score (nSPS) is 19.2. The molecule has 3 aromatic carbocycles. The number of anilines is 2. The number of nitrogens with zero attached hydrogens (tertiary/aromatic N) is 3. The van der Waals surface area contributed by atoms with Gasteiger partial charge in [-0.2, -0.15) is 0 Å². The maximum absolute atomic E-state index is 13.4. The Labute approximate surface area is 201 Å². The Morgan fingerprint density at radius 3 is 2.63 bits per heavy atom. The van der Waals surface area contributed by atoms with Crippen LogP contribution in [-0.2, 0) is 9.59 Å². The van der Waals surface area contributed by atoms with Gasteiger partial charge in [0.05, 0.1) is 34.9 Å². The van der Waals surface area contributed by atoms with E-state index in [4.69, 9.17) is 4.74 Å². The fourth-order valence-corrected chi connectivity index (χ4v) is 4.71. The lowest BCUT2D eigenvalue weighted by atomic mass is 9.95. The number of fused-ring (bicyclic) bond motifs is 2. The van der Waals surface area contributed by atoms with Gasteiger partial charge in [-0.3, -0.25) is 14.5 Å². The second-order valence-electron chi connectivity index (χ2n) is 8.61. The number of aliphatic hydroxyl groups is 1. The third-order valence-corrected chi connectivity index (χ3v) is 6.49. The summed E-state index contributed by atoms with van der Waals surface area (Å²) in [6, 6.07) is 21.0. The van der Waals surface area contributed by atoms with Crippen molar-refractivity contribution in [3.8, 4) is 5.75 Å². The smallest absolute Gasteiger partial charge is 0.302 e. The molecule has 174 valence electrons. The lowest BCUT2D eigenvalue weighted by molar-refractivity contribution is -0.132. The van der Waals surface area contributed by atoms with Crippen molar-refractivity contribution < 1.29 is 19.4 Å². The number of carbonyl (C=O) groups is 2. The van der Waals surface area contributed by atoms with E-state index in [1.807, 2.05) is 66.5 Å². The van der Waals surface area contributed by atoms with Crippen LogP contribution in [0.15, 0.2) is 78.4 Å². The molecule has 6 rings (SSSR count). The van der Waals surface area contributed by atoms with Crippen molar-refractivity contribution in [3.05, 3.63) is 89.5 Å². The first kappa shape index (κ1) is 21.0. The number of Topliss-reactive ketones (excluding diaryl/α,β-unsaturated/α-hetero) is 1. The summed E-state index contributed by atoms with van der Waals surface area (Å²) in [5.74, 6) is -0.799. The number of para-hydroxylation sites is 2. The van der Waals surface area contributed by atoms with E-state index in [9.17, 15) is 14.7 Å². The number of nitrogens with one attached hydrogen (secondary N) is 1. The molecule has 1 fully saturated rings. The van der Waals surface area contributed by atoms with Crippen molar-refractivity contribution in [2.24, 2.45) is 0 Å². The zero-order chi connectivity index (χ0) is 24.1. The SMILES string of the molecule is CN1CCOc2ccc(/C(O)=C3\C(=O)C(=O)N(c4nc5ccccc5[nH]4)C3c3ccccc3)cc21. The molecular weight excluding hydrogens is 444 g/mol. The van der Waals surface area contributed by atoms with Crippen LogP contribution < -0.4 is 14.5 Å². The van der Waals surface area contributed by atoms with Crippen LogP contribution in [0.1, 0.15) is 17.2 Å². The Kier molecular flexibility index (Phi) is 4.81. The molecule has 3 heterocycles. The molecule has 1 saturated heterocycles. The van der Waals surface area contributed by atoms with E-state index in [0.29, 0.717) is 35.5 Å². The Morgan fingerprint density at radius 2 is 1.83 bits per heavy atom. The fourth-order valence-electron chi connectivity index (χ4n) is 4.71. The lowest BCUT2D eigenvalue weighted by Gasteiger charge is -2.28. The van der Waals surface area contributed by atoms with E-state index >= 15 is 0 Å². The van der Waals surface area contributed by atoms with E-state index in [-0.39, 0.29) is 17.3 Å². The van der Waals surface area contributed by atoms with Crippen LogP contribution in [0.2, 0.25) is 0 Å². The summed E-state index contributed by atoms with van der Waals surface area (Å²) in [6.45, 7) is 1.28. The zero-order valence-corrected chi connectivity index (χ0v) is 18.9. The summed E-state index contributed by atoms with van der Waals surface area (Å²) in [4.78, 5) is 37.8. The number of ketones is 1. The van der Waals surface area contributed by atoms with Gasteiger partial charge in [0.15, 0.2) is 0 Å². The molecule has 1 unspecified atom stereocenters. The van der Waals surface area contributed by atoms with Gasteiger partial charge >= 0.3 is 5.91 Å². The van der Waals surface area contributed by atoms with E-state index in [1.54, 1.807) is 18.2 Å². The molecule has 35 heavy (non-hydrogen) atoms. The molecule has 8 nitrogen and oxygen atoms in total. The van der Waals surface area contributed by atoms with Gasteiger partial charge in [-0.25, -0.2) is 4.98 Å². The van der Waals surface area contributed by atoms with E-state index in [2.05, 4.69) is 9.97 Å². The second kappa shape index (κ2) is 8.02. The number of carbonyl (C=O) groups excluding carboxylic acids is 2. The number of H-pyrrole nitrogens is 1. The van der Waals surface area contributed by atoms with Gasteiger partial charge in [0, 0.05) is 12.6 Å². The summed E-state index contributed by atoms with van der Waals surface area (Å²) >= 11 is 0. The van der Waals surface area contributed by atoms with Gasteiger partial charge in [-0.05, 0) is 35.9 Å². The molecule has 4 aromatic rings. The van der Waals surface area contributed by atoms with Crippen LogP contribution in [0.3, 0.4) is 0 Å². The van der Waals surface area contributed by atoms with Gasteiger partial charge in [0.1, 0.15) is 18.1 Å². The third-order valence-electron chi connectivity index (χ3n) is 6.49. The maximum Gasteiger partial charge on any atom is 0.302 e. The molecule has 2 aliphatic rings. The molecular formula is C27H22N4O4. The van der Waals surface area contributed by atoms with Crippen LogP contribution in [-0.4, -0.2) is 47.0 Å². The summed E-state index contributed by atoms with van der Waals surface area (Å²) in [5, 5.41) is 11.4. The van der Waals surface area contributed by atoms with Crippen molar-refractivity contribution in [1.82, 2.24) is 9.97 Å². The highest BCUT2D eigenvalue weighted by molar-refractivity contribution is 6.51. The summed E-state index contributed by atoms with van der Waals surface area (Å²) < 4.78 is 5.71. The molecule has 0 saturated carbocycles. The van der Waals surface area contributed by atoms with Crippen molar-refractivity contribution >= 4 is 40.1 Å². The first-order chi connectivity index (χ1) is 17.0. The van der Waals surface area contributed by atoms with Gasteiger partial charge < -0.3 is 19.7 Å². The summed E-state index contributed by atoms with van der Waals surface area (Å²) in [5.41, 5.74) is 3.36. The van der Waals surface area contributed by atoms with Crippen molar-refractivity contribution in [1.29, 1.82) is 0 Å². The molecule has 1 aromatic heterocycles. The van der Waals surface area contributed by atoms with Gasteiger partial charge in [-0.15, -0.1) is 0 Å². The number of hydrogen-bond acceptors (Lipinski definition) is 6. The molecule has 1 amide bonds. The zero-order valence-electron chi connectivity index (χ0n) is 18.9. The predicted octanol–water partition coefficient (Wildman–Crippen LogP) is 4.02.